The predicted octanol–water partition coefficient (Wildman–Crippen LogP) is 4.19. The zero-order valence-electron chi connectivity index (χ0n) is 19.4. The minimum absolute atomic E-state index is 0.0623. The number of hydrogen-bond donors (Lipinski definition) is 1. The van der Waals surface area contributed by atoms with Crippen LogP contribution in [0.3, 0.4) is 0 Å². The van der Waals surface area contributed by atoms with E-state index in [0.29, 0.717) is 33.5 Å². The topological polar surface area (TPSA) is 94.2 Å². The van der Waals surface area contributed by atoms with Gasteiger partial charge in [-0.2, -0.15) is 0 Å². The minimum atomic E-state index is -3.98. The molecule has 0 saturated carbocycles. The number of ether oxygens (including phenoxy) is 3. The maximum absolute atomic E-state index is 13.5. The summed E-state index contributed by atoms with van der Waals surface area (Å²) < 4.78 is 44.8. The van der Waals surface area contributed by atoms with Crippen LogP contribution >= 0.6 is 11.6 Å². The van der Waals surface area contributed by atoms with Gasteiger partial charge in [-0.1, -0.05) is 23.7 Å². The zero-order valence-corrected chi connectivity index (χ0v) is 21.0. The highest BCUT2D eigenvalue weighted by Gasteiger charge is 2.38. The number of fused-ring (bicyclic) bond motifs is 1. The molecule has 1 N–H and O–H groups in total. The molecule has 10 heteroatoms. The van der Waals surface area contributed by atoms with E-state index in [0.717, 1.165) is 0 Å². The maximum Gasteiger partial charge on any atom is 0.264 e. The molecule has 0 saturated heterocycles. The average molecular weight is 517 g/mol. The van der Waals surface area contributed by atoms with E-state index in [1.54, 1.807) is 63.6 Å². The van der Waals surface area contributed by atoms with Crippen molar-refractivity contribution in [3.05, 3.63) is 77.3 Å². The zero-order chi connectivity index (χ0) is 25.2. The molecule has 184 valence electrons. The largest absolute Gasteiger partial charge is 0.497 e. The van der Waals surface area contributed by atoms with Crippen molar-refractivity contribution in [2.24, 2.45) is 0 Å². The van der Waals surface area contributed by atoms with Gasteiger partial charge in [-0.15, -0.1) is 0 Å². The molecule has 0 spiro atoms. The molecule has 0 fully saturated rings. The summed E-state index contributed by atoms with van der Waals surface area (Å²) in [6.07, 6.45) is -1.08. The summed E-state index contributed by atoms with van der Waals surface area (Å²) >= 11 is 5.93. The van der Waals surface area contributed by atoms with E-state index < -0.39 is 28.1 Å². The molecule has 1 heterocycles. The fraction of sp³-hybridized carbons (Fsp3) is 0.240. The molecule has 2 atom stereocenters. The number of sulfonamides is 1. The van der Waals surface area contributed by atoms with Gasteiger partial charge in [0, 0.05) is 10.6 Å². The molecular weight excluding hydrogens is 492 g/mol. The van der Waals surface area contributed by atoms with Crippen molar-refractivity contribution in [3.63, 3.8) is 0 Å². The lowest BCUT2D eigenvalue weighted by atomic mass is 10.1. The van der Waals surface area contributed by atoms with Gasteiger partial charge in [-0.25, -0.2) is 8.42 Å². The second-order valence-corrected chi connectivity index (χ2v) is 10.2. The number of halogens is 1. The van der Waals surface area contributed by atoms with Crippen molar-refractivity contribution in [2.75, 3.05) is 25.1 Å². The molecule has 3 aromatic rings. The molecule has 3 aromatic carbocycles. The van der Waals surface area contributed by atoms with Gasteiger partial charge in [0.15, 0.2) is 6.10 Å². The Bertz CT molecular complexity index is 1330. The molecule has 1 amide bonds. The van der Waals surface area contributed by atoms with Crippen LogP contribution in [0, 0.1) is 0 Å². The number of nitrogens with zero attached hydrogens (tertiary/aromatic N) is 1. The van der Waals surface area contributed by atoms with Crippen molar-refractivity contribution >= 4 is 33.2 Å². The monoisotopic (exact) mass is 516 g/mol. The highest BCUT2D eigenvalue weighted by atomic mass is 35.5. The Balaban J connectivity index is 1.62. The van der Waals surface area contributed by atoms with Crippen LogP contribution in [0.15, 0.2) is 71.6 Å². The second kappa shape index (κ2) is 10.1. The van der Waals surface area contributed by atoms with Crippen LogP contribution in [0.2, 0.25) is 5.02 Å². The summed E-state index contributed by atoms with van der Waals surface area (Å²) in [6, 6.07) is 17.4. The number of rotatable bonds is 7. The summed E-state index contributed by atoms with van der Waals surface area (Å²) in [6.45, 7) is 1.60. The predicted molar refractivity (Wildman–Crippen MR) is 133 cm³/mol. The van der Waals surface area contributed by atoms with Gasteiger partial charge in [0.05, 0.1) is 37.4 Å². The standard InChI is InChI=1S/C25H25ClN2O6S/c1-16(20-14-18(32-2)10-13-22(20)33-3)27-25(29)24-15-28(21-6-4-5-7-23(21)34-24)35(30,31)19-11-8-17(26)9-12-19/h4-14,16,24H,15H2,1-3H3,(H,27,29)/t16-,24-/m0/s1. The van der Waals surface area contributed by atoms with E-state index >= 15 is 0 Å². The molecular formula is C25H25ClN2O6S. The highest BCUT2D eigenvalue weighted by Crippen LogP contribution is 2.37. The van der Waals surface area contributed by atoms with Crippen molar-refractivity contribution in [3.8, 4) is 17.2 Å². The number of carbonyl (C=O) groups excluding carboxylic acids is 1. The Hall–Kier alpha value is -3.43. The van der Waals surface area contributed by atoms with Crippen molar-refractivity contribution in [1.29, 1.82) is 0 Å². The number of hydrogen-bond acceptors (Lipinski definition) is 6. The molecule has 0 unspecified atom stereocenters. The first-order valence-electron chi connectivity index (χ1n) is 10.8. The van der Waals surface area contributed by atoms with Crippen LogP contribution in [-0.4, -0.2) is 41.2 Å². The number of carbonyl (C=O) groups is 1. The van der Waals surface area contributed by atoms with Crippen molar-refractivity contribution in [2.45, 2.75) is 24.0 Å². The van der Waals surface area contributed by atoms with Gasteiger partial charge >= 0.3 is 0 Å². The molecule has 0 bridgehead atoms. The number of benzene rings is 3. The fourth-order valence-corrected chi connectivity index (χ4v) is 5.46. The Labute approximate surface area is 209 Å². The van der Waals surface area contributed by atoms with E-state index in [9.17, 15) is 13.2 Å². The Morgan fingerprint density at radius 3 is 2.49 bits per heavy atom. The molecule has 0 radical (unpaired) electrons. The van der Waals surface area contributed by atoms with Gasteiger partial charge < -0.3 is 19.5 Å². The Kier molecular flexibility index (Phi) is 7.09. The lowest BCUT2D eigenvalue weighted by Gasteiger charge is -2.35. The average Bonchev–Trinajstić information content (AvgIpc) is 2.87. The third-order valence-electron chi connectivity index (χ3n) is 5.69. The number of nitrogens with one attached hydrogen (secondary N) is 1. The molecule has 8 nitrogen and oxygen atoms in total. The van der Waals surface area contributed by atoms with Gasteiger partial charge in [0.2, 0.25) is 0 Å². The van der Waals surface area contributed by atoms with Crippen LogP contribution < -0.4 is 23.8 Å². The molecule has 1 aliphatic heterocycles. The second-order valence-electron chi connectivity index (χ2n) is 7.90. The fourth-order valence-electron chi connectivity index (χ4n) is 3.86. The molecule has 1 aliphatic rings. The lowest BCUT2D eigenvalue weighted by molar-refractivity contribution is -0.128. The molecule has 4 rings (SSSR count). The quantitative estimate of drug-likeness (QED) is 0.506. The highest BCUT2D eigenvalue weighted by molar-refractivity contribution is 7.92. The summed E-state index contributed by atoms with van der Waals surface area (Å²) in [4.78, 5) is 13.3. The molecule has 0 aliphatic carbocycles. The minimum Gasteiger partial charge on any atom is -0.497 e. The maximum atomic E-state index is 13.5. The van der Waals surface area contributed by atoms with Gasteiger partial charge in [-0.05, 0) is 61.5 Å². The van der Waals surface area contributed by atoms with E-state index in [1.807, 2.05) is 0 Å². The molecule has 35 heavy (non-hydrogen) atoms. The summed E-state index contributed by atoms with van der Waals surface area (Å²) in [5, 5.41) is 3.33. The summed E-state index contributed by atoms with van der Waals surface area (Å²) in [5.41, 5.74) is 1.07. The van der Waals surface area contributed by atoms with E-state index in [2.05, 4.69) is 5.32 Å². The summed E-state index contributed by atoms with van der Waals surface area (Å²) in [5.74, 6) is 1.03. The normalized spacial score (nSPS) is 16.0. The van der Waals surface area contributed by atoms with Crippen LogP contribution in [-0.2, 0) is 14.8 Å². The van der Waals surface area contributed by atoms with Crippen molar-refractivity contribution < 1.29 is 27.4 Å². The smallest absolute Gasteiger partial charge is 0.264 e. The summed E-state index contributed by atoms with van der Waals surface area (Å²) in [7, 11) is -0.885. The van der Waals surface area contributed by atoms with E-state index in [4.69, 9.17) is 25.8 Å². The lowest BCUT2D eigenvalue weighted by Crippen LogP contribution is -2.51. The third kappa shape index (κ3) is 5.01. The number of amides is 1. The first kappa shape index (κ1) is 24.7. The third-order valence-corrected chi connectivity index (χ3v) is 7.74. The first-order valence-corrected chi connectivity index (χ1v) is 12.6. The van der Waals surface area contributed by atoms with Gasteiger partial charge in [-0.3, -0.25) is 9.10 Å². The van der Waals surface area contributed by atoms with Gasteiger partial charge in [0.1, 0.15) is 17.2 Å². The van der Waals surface area contributed by atoms with E-state index in [1.165, 1.54) is 28.6 Å². The number of para-hydroxylation sites is 2. The molecule has 0 aromatic heterocycles. The van der Waals surface area contributed by atoms with Crippen LogP contribution in [0.25, 0.3) is 0 Å². The Morgan fingerprint density at radius 1 is 1.09 bits per heavy atom. The number of anilines is 1. The number of methoxy groups -OCH3 is 2. The van der Waals surface area contributed by atoms with Crippen LogP contribution in [0.4, 0.5) is 5.69 Å². The van der Waals surface area contributed by atoms with Crippen LogP contribution in [0.1, 0.15) is 18.5 Å². The first-order chi connectivity index (χ1) is 16.7. The van der Waals surface area contributed by atoms with Crippen molar-refractivity contribution in [1.82, 2.24) is 5.32 Å². The van der Waals surface area contributed by atoms with Crippen LogP contribution in [0.5, 0.6) is 17.2 Å². The SMILES string of the molecule is COc1ccc(OC)c([C@H](C)NC(=O)[C@@H]2CN(S(=O)(=O)c3ccc(Cl)cc3)c3ccccc3O2)c1. The van der Waals surface area contributed by atoms with E-state index in [-0.39, 0.29) is 11.4 Å². The Morgan fingerprint density at radius 2 is 1.80 bits per heavy atom. The van der Waals surface area contributed by atoms with Gasteiger partial charge in [0.25, 0.3) is 15.9 Å².